The first-order chi connectivity index (χ1) is 7.50. The van der Waals surface area contributed by atoms with Crippen LogP contribution in [0.4, 0.5) is 0 Å². The van der Waals surface area contributed by atoms with Crippen LogP contribution in [-0.4, -0.2) is 28.2 Å². The number of hydrogen-bond acceptors (Lipinski definition) is 3. The first-order valence-electron chi connectivity index (χ1n) is 4.81. The lowest BCUT2D eigenvalue weighted by Gasteiger charge is -2.06. The molecular weight excluding hydrogens is 210 g/mol. The SMILES string of the molecule is N[C@H](CCc1ccc(C(=O)O)cc1)C(=O)O. The molecule has 0 fully saturated rings. The van der Waals surface area contributed by atoms with Crippen molar-refractivity contribution in [2.75, 3.05) is 0 Å². The third kappa shape index (κ3) is 3.36. The number of carboxylic acids is 2. The summed E-state index contributed by atoms with van der Waals surface area (Å²) >= 11 is 0. The highest BCUT2D eigenvalue weighted by Gasteiger charge is 2.11. The van der Waals surface area contributed by atoms with Crippen molar-refractivity contribution in [3.05, 3.63) is 35.4 Å². The standard InChI is InChI=1S/C11H13NO4/c12-9(11(15)16)6-3-7-1-4-8(5-2-7)10(13)14/h1-2,4-5,9H,3,6,12H2,(H,13,14)(H,15,16)/t9-/m1/s1. The van der Waals surface area contributed by atoms with Crippen LogP contribution >= 0.6 is 0 Å². The Balaban J connectivity index is 2.56. The molecular formula is C11H13NO4. The van der Waals surface area contributed by atoms with E-state index in [0.29, 0.717) is 12.8 Å². The van der Waals surface area contributed by atoms with Gasteiger partial charge >= 0.3 is 11.9 Å². The van der Waals surface area contributed by atoms with Crippen LogP contribution in [0.25, 0.3) is 0 Å². The van der Waals surface area contributed by atoms with E-state index in [4.69, 9.17) is 15.9 Å². The van der Waals surface area contributed by atoms with Gasteiger partial charge in [-0.15, -0.1) is 0 Å². The Bertz CT molecular complexity index is 385. The maximum atomic E-state index is 10.6. The first kappa shape index (κ1) is 12.2. The molecule has 1 rings (SSSR count). The van der Waals surface area contributed by atoms with Crippen molar-refractivity contribution in [1.29, 1.82) is 0 Å². The molecule has 0 aliphatic heterocycles. The second kappa shape index (κ2) is 5.27. The topological polar surface area (TPSA) is 101 Å². The number of rotatable bonds is 5. The first-order valence-corrected chi connectivity index (χ1v) is 4.81. The number of carbonyl (C=O) groups is 2. The molecule has 0 radical (unpaired) electrons. The second-order valence-electron chi connectivity index (χ2n) is 3.49. The van der Waals surface area contributed by atoms with E-state index in [1.807, 2.05) is 0 Å². The van der Waals surface area contributed by atoms with E-state index in [1.165, 1.54) is 12.1 Å². The van der Waals surface area contributed by atoms with Gasteiger partial charge in [0.1, 0.15) is 6.04 Å². The van der Waals surface area contributed by atoms with Crippen molar-refractivity contribution in [3.8, 4) is 0 Å². The highest BCUT2D eigenvalue weighted by Crippen LogP contribution is 2.07. The second-order valence-corrected chi connectivity index (χ2v) is 3.49. The van der Waals surface area contributed by atoms with Crippen LogP contribution < -0.4 is 5.73 Å². The van der Waals surface area contributed by atoms with Gasteiger partial charge < -0.3 is 15.9 Å². The van der Waals surface area contributed by atoms with Gasteiger partial charge in [0.15, 0.2) is 0 Å². The predicted octanol–water partition coefficient (Wildman–Crippen LogP) is 0.729. The Labute approximate surface area is 92.5 Å². The summed E-state index contributed by atoms with van der Waals surface area (Å²) in [6.07, 6.45) is 0.856. The number of aryl methyl sites for hydroxylation is 1. The Morgan fingerprint density at radius 3 is 2.19 bits per heavy atom. The molecule has 0 amide bonds. The molecule has 1 aromatic carbocycles. The zero-order chi connectivity index (χ0) is 12.1. The number of aliphatic carboxylic acids is 1. The average Bonchev–Trinajstić information content (AvgIpc) is 2.26. The molecule has 0 heterocycles. The van der Waals surface area contributed by atoms with E-state index < -0.39 is 18.0 Å². The molecule has 0 saturated heterocycles. The van der Waals surface area contributed by atoms with E-state index in [2.05, 4.69) is 0 Å². The monoisotopic (exact) mass is 223 g/mol. The lowest BCUT2D eigenvalue weighted by molar-refractivity contribution is -0.138. The van der Waals surface area contributed by atoms with Gasteiger partial charge in [-0.05, 0) is 30.5 Å². The van der Waals surface area contributed by atoms with Gasteiger partial charge in [-0.25, -0.2) is 4.79 Å². The Hall–Kier alpha value is -1.88. The quantitative estimate of drug-likeness (QED) is 0.683. The summed E-state index contributed by atoms with van der Waals surface area (Å²) in [6.45, 7) is 0. The molecule has 0 unspecified atom stereocenters. The van der Waals surface area contributed by atoms with Gasteiger partial charge in [0.25, 0.3) is 0 Å². The minimum absolute atomic E-state index is 0.214. The molecule has 4 N–H and O–H groups in total. The number of aromatic carboxylic acids is 1. The zero-order valence-electron chi connectivity index (χ0n) is 8.59. The van der Waals surface area contributed by atoms with Crippen LogP contribution in [0.1, 0.15) is 22.3 Å². The Morgan fingerprint density at radius 1 is 1.19 bits per heavy atom. The molecule has 0 aliphatic rings. The third-order valence-electron chi connectivity index (χ3n) is 2.26. The molecule has 0 aliphatic carbocycles. The maximum absolute atomic E-state index is 10.6. The maximum Gasteiger partial charge on any atom is 0.335 e. The summed E-state index contributed by atoms with van der Waals surface area (Å²) in [7, 11) is 0. The van der Waals surface area contributed by atoms with Crippen LogP contribution in [0, 0.1) is 0 Å². The fourth-order valence-corrected chi connectivity index (χ4v) is 1.26. The van der Waals surface area contributed by atoms with Crippen molar-refractivity contribution in [1.82, 2.24) is 0 Å². The average molecular weight is 223 g/mol. The minimum atomic E-state index is -1.03. The minimum Gasteiger partial charge on any atom is -0.480 e. The smallest absolute Gasteiger partial charge is 0.335 e. The van der Waals surface area contributed by atoms with Crippen LogP contribution in [0.3, 0.4) is 0 Å². The predicted molar refractivity (Wildman–Crippen MR) is 57.3 cm³/mol. The van der Waals surface area contributed by atoms with Gasteiger partial charge in [-0.1, -0.05) is 12.1 Å². The lowest BCUT2D eigenvalue weighted by atomic mass is 10.0. The van der Waals surface area contributed by atoms with Gasteiger partial charge in [0, 0.05) is 0 Å². The molecule has 0 spiro atoms. The number of carboxylic acid groups (broad SMARTS) is 2. The van der Waals surface area contributed by atoms with E-state index in [0.717, 1.165) is 5.56 Å². The Kier molecular flexibility index (Phi) is 4.02. The van der Waals surface area contributed by atoms with Crippen LogP contribution in [-0.2, 0) is 11.2 Å². The zero-order valence-corrected chi connectivity index (χ0v) is 8.59. The van der Waals surface area contributed by atoms with E-state index in [-0.39, 0.29) is 5.56 Å². The van der Waals surface area contributed by atoms with E-state index in [9.17, 15) is 9.59 Å². The van der Waals surface area contributed by atoms with E-state index in [1.54, 1.807) is 12.1 Å². The van der Waals surface area contributed by atoms with Gasteiger partial charge in [0.05, 0.1) is 5.56 Å². The number of hydrogen-bond donors (Lipinski definition) is 3. The molecule has 16 heavy (non-hydrogen) atoms. The summed E-state index contributed by atoms with van der Waals surface area (Å²) in [5.74, 6) is -2.00. The molecule has 0 saturated carbocycles. The molecule has 1 atom stereocenters. The fraction of sp³-hybridized carbons (Fsp3) is 0.273. The number of nitrogens with two attached hydrogens (primary N) is 1. The van der Waals surface area contributed by atoms with Gasteiger partial charge in [-0.3, -0.25) is 4.79 Å². The van der Waals surface area contributed by atoms with E-state index >= 15 is 0 Å². The van der Waals surface area contributed by atoms with Crippen molar-refractivity contribution >= 4 is 11.9 Å². The van der Waals surface area contributed by atoms with Gasteiger partial charge in [0.2, 0.25) is 0 Å². The molecule has 0 bridgehead atoms. The van der Waals surface area contributed by atoms with Gasteiger partial charge in [-0.2, -0.15) is 0 Å². The summed E-state index contributed by atoms with van der Waals surface area (Å²) in [5, 5.41) is 17.2. The molecule has 0 aromatic heterocycles. The molecule has 5 heteroatoms. The summed E-state index contributed by atoms with van der Waals surface area (Å²) in [5.41, 5.74) is 6.44. The van der Waals surface area contributed by atoms with Crippen molar-refractivity contribution in [3.63, 3.8) is 0 Å². The van der Waals surface area contributed by atoms with Crippen LogP contribution in [0.15, 0.2) is 24.3 Å². The summed E-state index contributed by atoms with van der Waals surface area (Å²) in [4.78, 5) is 21.0. The summed E-state index contributed by atoms with van der Waals surface area (Å²) < 4.78 is 0. The lowest BCUT2D eigenvalue weighted by Crippen LogP contribution is -2.30. The fourth-order valence-electron chi connectivity index (χ4n) is 1.26. The van der Waals surface area contributed by atoms with Crippen LogP contribution in [0.2, 0.25) is 0 Å². The summed E-state index contributed by atoms with van der Waals surface area (Å²) in [6, 6.07) is 5.43. The Morgan fingerprint density at radius 2 is 1.75 bits per heavy atom. The molecule has 5 nitrogen and oxygen atoms in total. The normalized spacial score (nSPS) is 12.1. The highest BCUT2D eigenvalue weighted by atomic mass is 16.4. The third-order valence-corrected chi connectivity index (χ3v) is 2.26. The van der Waals surface area contributed by atoms with Crippen molar-refractivity contribution in [2.45, 2.75) is 18.9 Å². The largest absolute Gasteiger partial charge is 0.480 e. The molecule has 1 aromatic rings. The highest BCUT2D eigenvalue weighted by molar-refractivity contribution is 5.87. The van der Waals surface area contributed by atoms with Crippen molar-refractivity contribution < 1.29 is 19.8 Å². The number of benzene rings is 1. The van der Waals surface area contributed by atoms with Crippen molar-refractivity contribution in [2.24, 2.45) is 5.73 Å². The van der Waals surface area contributed by atoms with Crippen LogP contribution in [0.5, 0.6) is 0 Å². The molecule has 86 valence electrons.